The van der Waals surface area contributed by atoms with Gasteiger partial charge in [-0.25, -0.2) is 0 Å². The van der Waals surface area contributed by atoms with Crippen LogP contribution in [-0.2, 0) is 22.7 Å². The van der Waals surface area contributed by atoms with Crippen LogP contribution < -0.4 is 19.7 Å². The van der Waals surface area contributed by atoms with E-state index in [1.807, 2.05) is 43.4 Å². The van der Waals surface area contributed by atoms with E-state index in [0.29, 0.717) is 35.2 Å². The number of fused-ring (bicyclic) bond motifs is 2. The molecule has 0 aliphatic carbocycles. The Kier molecular flexibility index (Phi) is 5.38. The predicted octanol–water partition coefficient (Wildman–Crippen LogP) is 5.34. The molecule has 2 aliphatic heterocycles. The first-order valence-electron chi connectivity index (χ1n) is 10.5. The van der Waals surface area contributed by atoms with E-state index in [4.69, 9.17) is 25.8 Å². The van der Waals surface area contributed by atoms with Crippen molar-refractivity contribution in [2.45, 2.75) is 13.2 Å². The van der Waals surface area contributed by atoms with Gasteiger partial charge in [-0.15, -0.1) is 0 Å². The van der Waals surface area contributed by atoms with Crippen molar-refractivity contribution in [1.29, 1.82) is 0 Å². The molecular weight excluding hydrogens is 440 g/mol. The fourth-order valence-electron chi connectivity index (χ4n) is 4.29. The lowest BCUT2D eigenvalue weighted by molar-refractivity contribution is -0.110. The maximum absolute atomic E-state index is 12.7. The molecule has 1 amide bonds. The smallest absolute Gasteiger partial charge is 0.260 e. The molecule has 7 heteroatoms. The summed E-state index contributed by atoms with van der Waals surface area (Å²) in [6.45, 7) is 1.08. The number of hydrogen-bond acceptors (Lipinski definition) is 5. The van der Waals surface area contributed by atoms with Gasteiger partial charge in [-0.2, -0.15) is 0 Å². The predicted molar refractivity (Wildman–Crippen MR) is 130 cm³/mol. The summed E-state index contributed by atoms with van der Waals surface area (Å²) in [5.41, 5.74) is 6.13. The average molecular weight is 463 g/mol. The second kappa shape index (κ2) is 8.37. The maximum atomic E-state index is 12.7. The van der Waals surface area contributed by atoms with E-state index >= 15 is 0 Å². The minimum Gasteiger partial charge on any atom is -0.497 e. The van der Waals surface area contributed by atoms with Gasteiger partial charge in [0.05, 0.1) is 25.5 Å². The summed E-state index contributed by atoms with van der Waals surface area (Å²) >= 11 is 6.08. The molecule has 0 aromatic heterocycles. The van der Waals surface area contributed by atoms with Crippen molar-refractivity contribution in [3.8, 4) is 11.5 Å². The van der Waals surface area contributed by atoms with Crippen LogP contribution >= 0.6 is 11.6 Å². The molecular formula is C26H23ClN2O4. The van der Waals surface area contributed by atoms with Crippen molar-refractivity contribution in [1.82, 2.24) is 0 Å². The van der Waals surface area contributed by atoms with Crippen molar-refractivity contribution in [3.05, 3.63) is 81.9 Å². The van der Waals surface area contributed by atoms with Crippen LogP contribution in [0.5, 0.6) is 11.5 Å². The largest absolute Gasteiger partial charge is 0.497 e. The number of nitrogens with one attached hydrogen (secondary N) is 1. The number of rotatable bonds is 5. The highest BCUT2D eigenvalue weighted by atomic mass is 35.5. The summed E-state index contributed by atoms with van der Waals surface area (Å²) in [6.07, 6.45) is 0. The Balaban J connectivity index is 1.44. The molecule has 168 valence electrons. The molecule has 5 rings (SSSR count). The van der Waals surface area contributed by atoms with Crippen LogP contribution in [0.3, 0.4) is 0 Å². The molecule has 3 aromatic rings. The highest BCUT2D eigenvalue weighted by molar-refractivity contribution is 6.37. The molecule has 0 atom stereocenters. The zero-order valence-electron chi connectivity index (χ0n) is 18.6. The summed E-state index contributed by atoms with van der Waals surface area (Å²) < 4.78 is 16.8. The van der Waals surface area contributed by atoms with Crippen molar-refractivity contribution >= 4 is 40.2 Å². The Labute approximate surface area is 197 Å². The van der Waals surface area contributed by atoms with Gasteiger partial charge in [-0.3, -0.25) is 4.79 Å². The summed E-state index contributed by atoms with van der Waals surface area (Å²) in [5.74, 6) is 1.97. The van der Waals surface area contributed by atoms with Gasteiger partial charge in [-0.1, -0.05) is 17.7 Å². The van der Waals surface area contributed by atoms with Crippen LogP contribution in [0.1, 0.15) is 22.3 Å². The molecule has 33 heavy (non-hydrogen) atoms. The van der Waals surface area contributed by atoms with E-state index < -0.39 is 0 Å². The monoisotopic (exact) mass is 462 g/mol. The quantitative estimate of drug-likeness (QED) is 0.518. The maximum Gasteiger partial charge on any atom is 0.260 e. The highest BCUT2D eigenvalue weighted by Crippen LogP contribution is 2.43. The van der Waals surface area contributed by atoms with Crippen LogP contribution in [0, 0.1) is 0 Å². The number of hydrogen-bond donors (Lipinski definition) is 1. The first-order valence-corrected chi connectivity index (χ1v) is 10.9. The molecule has 0 unspecified atom stereocenters. The zero-order chi connectivity index (χ0) is 23.1. The van der Waals surface area contributed by atoms with Gasteiger partial charge in [0.2, 0.25) is 0 Å². The second-order valence-corrected chi connectivity index (χ2v) is 8.45. The Bertz CT molecular complexity index is 1300. The number of carbonyl (C=O) groups is 1. The van der Waals surface area contributed by atoms with Crippen LogP contribution in [-0.4, -0.2) is 27.2 Å². The number of carbonyl (C=O) groups excluding carboxylic acids is 1. The third-order valence-corrected chi connectivity index (χ3v) is 6.24. The minimum absolute atomic E-state index is 0.178. The topological polar surface area (TPSA) is 60.0 Å². The number of methoxy groups -OCH3 is 2. The zero-order valence-corrected chi connectivity index (χ0v) is 19.3. The molecule has 0 saturated carbocycles. The van der Waals surface area contributed by atoms with E-state index in [1.165, 1.54) is 0 Å². The molecule has 2 heterocycles. The van der Waals surface area contributed by atoms with Crippen LogP contribution in [0.2, 0.25) is 5.02 Å². The average Bonchev–Trinajstić information content (AvgIpc) is 3.37. The van der Waals surface area contributed by atoms with E-state index in [0.717, 1.165) is 39.4 Å². The lowest BCUT2D eigenvalue weighted by Gasteiger charge is -2.21. The normalized spacial score (nSPS) is 16.1. The standard InChI is InChI=1S/C26H23ClN2O4/c1-29(13-15-4-7-19(31-2)12-23(15)32-3)18-6-9-20-16(10-18)14-33-25(20)24-21-8-5-17(27)11-22(21)28-26(24)30/h4-12H,13-14H2,1-3H3,(H,28,30)/b25-24+. The summed E-state index contributed by atoms with van der Waals surface area (Å²) in [4.78, 5) is 14.9. The fraction of sp³-hybridized carbons (Fsp3) is 0.192. The first-order chi connectivity index (χ1) is 16.0. The number of amides is 1. The SMILES string of the molecule is COc1ccc(CN(C)c2ccc3c(c2)CO/C3=C2/C(=O)Nc3cc(Cl)ccc32)c(OC)c1. The second-order valence-electron chi connectivity index (χ2n) is 8.01. The molecule has 0 saturated heterocycles. The Hall–Kier alpha value is -3.64. The molecule has 0 fully saturated rings. The fourth-order valence-corrected chi connectivity index (χ4v) is 4.46. The van der Waals surface area contributed by atoms with Crippen LogP contribution in [0.25, 0.3) is 11.3 Å². The van der Waals surface area contributed by atoms with Crippen molar-refractivity contribution < 1.29 is 19.0 Å². The van der Waals surface area contributed by atoms with Crippen molar-refractivity contribution in [3.63, 3.8) is 0 Å². The van der Waals surface area contributed by atoms with Gasteiger partial charge in [0, 0.05) is 52.6 Å². The summed E-state index contributed by atoms with van der Waals surface area (Å²) in [7, 11) is 5.33. The molecule has 2 aliphatic rings. The number of benzene rings is 3. The Morgan fingerprint density at radius 2 is 1.85 bits per heavy atom. The Morgan fingerprint density at radius 3 is 2.64 bits per heavy atom. The van der Waals surface area contributed by atoms with Gasteiger partial charge in [0.1, 0.15) is 23.9 Å². The molecule has 3 aromatic carbocycles. The van der Waals surface area contributed by atoms with Gasteiger partial charge in [-0.05, 0) is 42.5 Å². The molecule has 1 N–H and O–H groups in total. The summed E-state index contributed by atoms with van der Waals surface area (Å²) in [5, 5.41) is 3.46. The summed E-state index contributed by atoms with van der Waals surface area (Å²) in [6, 6.07) is 17.4. The Morgan fingerprint density at radius 1 is 1.03 bits per heavy atom. The lowest BCUT2D eigenvalue weighted by atomic mass is 10.00. The van der Waals surface area contributed by atoms with Crippen LogP contribution in [0.4, 0.5) is 11.4 Å². The van der Waals surface area contributed by atoms with Gasteiger partial charge in [0.15, 0.2) is 0 Å². The lowest BCUT2D eigenvalue weighted by Crippen LogP contribution is -2.17. The molecule has 0 radical (unpaired) electrons. The van der Waals surface area contributed by atoms with E-state index in [-0.39, 0.29) is 5.91 Å². The van der Waals surface area contributed by atoms with E-state index in [1.54, 1.807) is 26.4 Å². The number of anilines is 2. The van der Waals surface area contributed by atoms with Crippen molar-refractivity contribution in [2.24, 2.45) is 0 Å². The number of halogens is 1. The van der Waals surface area contributed by atoms with Gasteiger partial charge in [0.25, 0.3) is 5.91 Å². The van der Waals surface area contributed by atoms with Crippen molar-refractivity contribution in [2.75, 3.05) is 31.5 Å². The number of nitrogens with zero attached hydrogens (tertiary/aromatic N) is 1. The van der Waals surface area contributed by atoms with Gasteiger partial charge >= 0.3 is 0 Å². The first kappa shape index (κ1) is 21.2. The molecule has 0 spiro atoms. The molecule has 0 bridgehead atoms. The van der Waals surface area contributed by atoms with E-state index in [2.05, 4.69) is 16.3 Å². The third-order valence-electron chi connectivity index (χ3n) is 6.00. The van der Waals surface area contributed by atoms with Gasteiger partial charge < -0.3 is 24.4 Å². The number of ether oxygens (including phenoxy) is 3. The highest BCUT2D eigenvalue weighted by Gasteiger charge is 2.32. The van der Waals surface area contributed by atoms with E-state index in [9.17, 15) is 4.79 Å². The minimum atomic E-state index is -0.178. The molecule has 6 nitrogen and oxygen atoms in total. The van der Waals surface area contributed by atoms with Crippen LogP contribution in [0.15, 0.2) is 54.6 Å². The third kappa shape index (κ3) is 3.76.